The zero-order valence-corrected chi connectivity index (χ0v) is 10.6. The molecule has 0 aromatic heterocycles. The first-order valence-electron chi connectivity index (χ1n) is 5.35. The number of ether oxygens (including phenoxy) is 1. The molecule has 1 N–H and O–H groups in total. The number of esters is 1. The first-order chi connectivity index (χ1) is 7.85. The summed E-state index contributed by atoms with van der Waals surface area (Å²) in [6.45, 7) is 0.911. The summed E-state index contributed by atoms with van der Waals surface area (Å²) in [6, 6.07) is 0. The molecule has 0 saturated heterocycles. The lowest BCUT2D eigenvalue weighted by Crippen LogP contribution is -2.26. The standard InChI is InChI=1S/C9H19O7P/c1-2-3-4-5-9(11)15-6-8(10)7-16-17(12,13)14/h8,10H,2-7H2,1H3,(H2,12,13,14)/p-2/t8-/m0/s1. The maximum absolute atomic E-state index is 11.1. The number of carbonyl (C=O) groups excluding carboxylic acids is 1. The van der Waals surface area contributed by atoms with Gasteiger partial charge in [0.1, 0.15) is 12.7 Å². The Hall–Kier alpha value is -0.460. The molecule has 7 nitrogen and oxygen atoms in total. The van der Waals surface area contributed by atoms with Gasteiger partial charge in [0, 0.05) is 6.42 Å². The number of phosphoric ester groups is 1. The van der Waals surface area contributed by atoms with Crippen LogP contribution in [0.3, 0.4) is 0 Å². The summed E-state index contributed by atoms with van der Waals surface area (Å²) in [5.41, 5.74) is 0. The van der Waals surface area contributed by atoms with Gasteiger partial charge in [-0.25, -0.2) is 0 Å². The molecule has 0 amide bonds. The van der Waals surface area contributed by atoms with Crippen molar-refractivity contribution in [2.75, 3.05) is 13.2 Å². The van der Waals surface area contributed by atoms with Crippen molar-refractivity contribution >= 4 is 13.8 Å². The van der Waals surface area contributed by atoms with Gasteiger partial charge in [-0.05, 0) is 6.42 Å². The maximum Gasteiger partial charge on any atom is 0.305 e. The van der Waals surface area contributed by atoms with E-state index in [-0.39, 0.29) is 13.0 Å². The number of unbranched alkanes of at least 4 members (excludes halogenated alkanes) is 2. The van der Waals surface area contributed by atoms with E-state index >= 15 is 0 Å². The molecule has 0 unspecified atom stereocenters. The van der Waals surface area contributed by atoms with Gasteiger partial charge in [0.15, 0.2) is 0 Å². The lowest BCUT2D eigenvalue weighted by molar-refractivity contribution is -0.342. The van der Waals surface area contributed by atoms with E-state index in [0.717, 1.165) is 12.8 Å². The molecule has 0 aliphatic rings. The number of hydrogen-bond donors (Lipinski definition) is 1. The van der Waals surface area contributed by atoms with E-state index in [9.17, 15) is 19.1 Å². The summed E-state index contributed by atoms with van der Waals surface area (Å²) in [5.74, 6) is -0.468. The monoisotopic (exact) mass is 268 g/mol. The van der Waals surface area contributed by atoms with Crippen molar-refractivity contribution in [3.8, 4) is 0 Å². The number of carbonyl (C=O) groups is 1. The van der Waals surface area contributed by atoms with Crippen LogP contribution in [0.15, 0.2) is 0 Å². The van der Waals surface area contributed by atoms with Crippen LogP contribution in [0.5, 0.6) is 0 Å². The van der Waals surface area contributed by atoms with E-state index in [2.05, 4.69) is 9.26 Å². The zero-order valence-electron chi connectivity index (χ0n) is 9.66. The highest BCUT2D eigenvalue weighted by Crippen LogP contribution is 2.24. The van der Waals surface area contributed by atoms with E-state index in [1.54, 1.807) is 0 Å². The summed E-state index contributed by atoms with van der Waals surface area (Å²) in [5, 5.41) is 9.13. The predicted octanol–water partition coefficient (Wildman–Crippen LogP) is -0.684. The molecule has 0 bridgehead atoms. The fraction of sp³-hybridized carbons (Fsp3) is 0.889. The molecule has 17 heavy (non-hydrogen) atoms. The van der Waals surface area contributed by atoms with Crippen LogP contribution < -0.4 is 9.79 Å². The summed E-state index contributed by atoms with van der Waals surface area (Å²) in [7, 11) is -5.09. The van der Waals surface area contributed by atoms with Gasteiger partial charge in [-0.2, -0.15) is 0 Å². The summed E-state index contributed by atoms with van der Waals surface area (Å²) in [6.07, 6.45) is 1.53. The topological polar surface area (TPSA) is 119 Å². The van der Waals surface area contributed by atoms with Crippen molar-refractivity contribution in [1.29, 1.82) is 0 Å². The molecule has 0 aliphatic heterocycles. The lowest BCUT2D eigenvalue weighted by atomic mass is 10.2. The largest absolute Gasteiger partial charge is 0.790 e. The Morgan fingerprint density at radius 2 is 2.00 bits per heavy atom. The maximum atomic E-state index is 11.1. The second kappa shape index (κ2) is 8.60. The quantitative estimate of drug-likeness (QED) is 0.334. The van der Waals surface area contributed by atoms with E-state index in [0.29, 0.717) is 6.42 Å². The van der Waals surface area contributed by atoms with E-state index in [1.165, 1.54) is 0 Å². The van der Waals surface area contributed by atoms with Gasteiger partial charge < -0.3 is 28.7 Å². The van der Waals surface area contributed by atoms with Crippen LogP contribution in [-0.2, 0) is 18.6 Å². The lowest BCUT2D eigenvalue weighted by Gasteiger charge is -2.29. The van der Waals surface area contributed by atoms with Crippen molar-refractivity contribution in [1.82, 2.24) is 0 Å². The first-order valence-corrected chi connectivity index (χ1v) is 6.81. The first kappa shape index (κ1) is 16.5. The Morgan fingerprint density at radius 3 is 2.53 bits per heavy atom. The highest BCUT2D eigenvalue weighted by atomic mass is 31.2. The smallest absolute Gasteiger partial charge is 0.305 e. The fourth-order valence-electron chi connectivity index (χ4n) is 1.01. The molecule has 0 aliphatic carbocycles. The number of aliphatic hydroxyl groups is 1. The third-order valence-electron chi connectivity index (χ3n) is 1.85. The SMILES string of the molecule is CCCCCC(=O)OC[C@H](O)COP(=O)([O-])[O-]. The van der Waals surface area contributed by atoms with Crippen LogP contribution in [0.25, 0.3) is 0 Å². The second-order valence-electron chi connectivity index (χ2n) is 3.54. The summed E-state index contributed by atoms with van der Waals surface area (Å²) in [4.78, 5) is 31.2. The van der Waals surface area contributed by atoms with Gasteiger partial charge in [-0.1, -0.05) is 19.8 Å². The van der Waals surface area contributed by atoms with Crippen molar-refractivity contribution in [3.63, 3.8) is 0 Å². The molecule has 1 atom stereocenters. The van der Waals surface area contributed by atoms with Crippen LogP contribution in [0.1, 0.15) is 32.6 Å². The zero-order chi connectivity index (χ0) is 13.3. The van der Waals surface area contributed by atoms with Gasteiger partial charge in [-0.3, -0.25) is 4.79 Å². The fourth-order valence-corrected chi connectivity index (χ4v) is 1.36. The molecule has 0 spiro atoms. The molecule has 0 radical (unpaired) electrons. The number of hydrogen-bond acceptors (Lipinski definition) is 7. The highest BCUT2D eigenvalue weighted by Gasteiger charge is 2.09. The molecule has 0 fully saturated rings. The Balaban J connectivity index is 3.59. The molecule has 8 heteroatoms. The molecule has 0 saturated carbocycles. The third-order valence-corrected chi connectivity index (χ3v) is 2.31. The van der Waals surface area contributed by atoms with Crippen LogP contribution in [0, 0.1) is 0 Å². The van der Waals surface area contributed by atoms with Gasteiger partial charge in [0.25, 0.3) is 0 Å². The molecule has 0 rings (SSSR count). The predicted molar refractivity (Wildman–Crippen MR) is 54.7 cm³/mol. The minimum absolute atomic E-state index is 0.253. The van der Waals surface area contributed by atoms with Crippen LogP contribution in [0.2, 0.25) is 0 Å². The summed E-state index contributed by atoms with van der Waals surface area (Å²) >= 11 is 0. The summed E-state index contributed by atoms with van der Waals surface area (Å²) < 4.78 is 18.6. The number of rotatable bonds is 9. The van der Waals surface area contributed by atoms with Crippen molar-refractivity contribution in [2.24, 2.45) is 0 Å². The number of phosphoric acid groups is 1. The van der Waals surface area contributed by atoms with E-state index in [4.69, 9.17) is 5.11 Å². The molecule has 102 valence electrons. The van der Waals surface area contributed by atoms with Crippen LogP contribution in [0.4, 0.5) is 0 Å². The Morgan fingerprint density at radius 1 is 1.35 bits per heavy atom. The Labute approximate surface area is 100.0 Å². The Bertz CT molecular complexity index is 262. The average Bonchev–Trinajstić information content (AvgIpc) is 2.23. The van der Waals surface area contributed by atoms with Crippen molar-refractivity contribution < 1.29 is 33.5 Å². The molecule has 0 aromatic carbocycles. The molecule has 0 heterocycles. The van der Waals surface area contributed by atoms with Crippen LogP contribution >= 0.6 is 7.82 Å². The minimum atomic E-state index is -5.09. The van der Waals surface area contributed by atoms with Gasteiger partial charge in [0.2, 0.25) is 0 Å². The molecular formula is C9H17O7P-2. The van der Waals surface area contributed by atoms with Gasteiger partial charge in [0.05, 0.1) is 14.4 Å². The second-order valence-corrected chi connectivity index (χ2v) is 4.69. The normalized spacial score (nSPS) is 13.4. The van der Waals surface area contributed by atoms with Crippen molar-refractivity contribution in [2.45, 2.75) is 38.7 Å². The minimum Gasteiger partial charge on any atom is -0.790 e. The van der Waals surface area contributed by atoms with E-state index in [1.807, 2.05) is 6.92 Å². The average molecular weight is 268 g/mol. The van der Waals surface area contributed by atoms with Crippen molar-refractivity contribution in [3.05, 3.63) is 0 Å². The van der Waals surface area contributed by atoms with Crippen LogP contribution in [-0.4, -0.2) is 30.4 Å². The van der Waals surface area contributed by atoms with Gasteiger partial charge in [-0.15, -0.1) is 0 Å². The Kier molecular flexibility index (Phi) is 8.37. The van der Waals surface area contributed by atoms with Gasteiger partial charge >= 0.3 is 5.97 Å². The third kappa shape index (κ3) is 11.8. The number of aliphatic hydroxyl groups excluding tert-OH is 1. The highest BCUT2D eigenvalue weighted by molar-refractivity contribution is 7.43. The molecular weight excluding hydrogens is 251 g/mol. The van der Waals surface area contributed by atoms with E-state index < -0.39 is 26.5 Å². The molecule has 0 aromatic rings.